The fourth-order valence-corrected chi connectivity index (χ4v) is 6.83. The number of primary amides is 1. The molecule has 1 aliphatic rings. The molecule has 0 bridgehead atoms. The summed E-state index contributed by atoms with van der Waals surface area (Å²) in [6.07, 6.45) is -3.17. The van der Waals surface area contributed by atoms with E-state index in [1.807, 2.05) is 0 Å². The molecule has 0 saturated carbocycles. The zero-order chi connectivity index (χ0) is 54.7. The van der Waals surface area contributed by atoms with E-state index in [9.17, 15) is 68.1 Å². The standard InChI is InChI=1S/C39H68N18O15/c40-18(9-10-27(60)61)29(64)54-22(15-26(41)59)32(67)55-23(16-28(62)63)33(68)52-19(5-1-11-48-37(42)43)30(65)51-20(6-2-12-49-38(44)45)31(66)53-21(7-3-13-50-39(46)47)35(70)57-14-4-8-25(57)34(69)56-24(17-58)36(71)72/h18-25,58H,1-17,40H2,(H2,41,59)(H,51,65)(H,52,68)(H,53,66)(H,54,64)(H,55,67)(H,56,69)(H,60,61)(H,62,63)(H,71,72)(H4,42,43,48)(H4,44,45,49)(H4,46,47,50)/t18-,19-,20-,21-,22-,23-,24-,25-/m0/s1. The highest BCUT2D eigenvalue weighted by Gasteiger charge is 2.40. The third kappa shape index (κ3) is 24.0. The molecule has 0 aromatic rings. The molecule has 0 aromatic heterocycles. The number of likely N-dealkylation sites (tertiary alicyclic amines) is 1. The number of carbonyl (C=O) groups excluding carboxylic acids is 8. The van der Waals surface area contributed by atoms with E-state index in [4.69, 9.17) is 51.0 Å². The Bertz CT molecular complexity index is 2030. The van der Waals surface area contributed by atoms with Crippen molar-refractivity contribution in [2.24, 2.45) is 60.8 Å². The van der Waals surface area contributed by atoms with Gasteiger partial charge in [0.15, 0.2) is 17.9 Å². The predicted octanol–water partition coefficient (Wildman–Crippen LogP) is -9.33. The summed E-state index contributed by atoms with van der Waals surface area (Å²) in [7, 11) is 0. The van der Waals surface area contributed by atoms with Crippen molar-refractivity contribution in [2.45, 2.75) is 125 Å². The van der Waals surface area contributed by atoms with Gasteiger partial charge in [-0.05, 0) is 57.8 Å². The van der Waals surface area contributed by atoms with Crippen molar-refractivity contribution in [1.29, 1.82) is 0 Å². The van der Waals surface area contributed by atoms with E-state index in [1.54, 1.807) is 0 Å². The molecule has 1 rings (SSSR count). The number of hydrogen-bond donors (Lipinski definition) is 18. The van der Waals surface area contributed by atoms with E-state index >= 15 is 0 Å². The zero-order valence-corrected chi connectivity index (χ0v) is 39.3. The number of carbonyl (C=O) groups is 11. The maximum atomic E-state index is 14.2. The van der Waals surface area contributed by atoms with Gasteiger partial charge in [-0.3, -0.25) is 62.9 Å². The summed E-state index contributed by atoms with van der Waals surface area (Å²) in [5.74, 6) is -14.0. The molecule has 8 amide bonds. The van der Waals surface area contributed by atoms with Gasteiger partial charge in [0.1, 0.15) is 42.3 Å². The maximum absolute atomic E-state index is 14.2. The normalized spacial score (nSPS) is 15.8. The second-order valence-electron chi connectivity index (χ2n) is 16.2. The molecule has 33 heteroatoms. The number of carboxylic acid groups (broad SMARTS) is 3. The number of nitrogens with two attached hydrogens (primary N) is 8. The summed E-state index contributed by atoms with van der Waals surface area (Å²) in [6, 6.07) is -12.9. The highest BCUT2D eigenvalue weighted by molar-refractivity contribution is 5.99. The molecule has 1 fully saturated rings. The number of aliphatic hydroxyl groups excluding tert-OH is 1. The molecule has 404 valence electrons. The van der Waals surface area contributed by atoms with Gasteiger partial charge in [0.25, 0.3) is 0 Å². The number of nitrogens with one attached hydrogen (secondary N) is 6. The van der Waals surface area contributed by atoms with Crippen LogP contribution in [0.15, 0.2) is 15.0 Å². The van der Waals surface area contributed by atoms with Gasteiger partial charge in [0, 0.05) is 32.6 Å². The Morgan fingerprint density at radius 3 is 1.36 bits per heavy atom. The predicted molar refractivity (Wildman–Crippen MR) is 252 cm³/mol. The third-order valence-corrected chi connectivity index (χ3v) is 10.4. The van der Waals surface area contributed by atoms with Crippen LogP contribution in [0.1, 0.15) is 77.0 Å². The van der Waals surface area contributed by atoms with E-state index in [0.29, 0.717) is 6.42 Å². The Morgan fingerprint density at radius 2 is 0.944 bits per heavy atom. The first-order chi connectivity index (χ1) is 33.8. The highest BCUT2D eigenvalue weighted by atomic mass is 16.4. The Kier molecular flexibility index (Phi) is 27.4. The molecule has 0 spiro atoms. The Labute approximate surface area is 411 Å². The average molecular weight is 1030 g/mol. The number of carboxylic acids is 3. The number of rotatable bonds is 34. The second kappa shape index (κ2) is 31.9. The van der Waals surface area contributed by atoms with Crippen molar-refractivity contribution in [3.05, 3.63) is 0 Å². The summed E-state index contributed by atoms with van der Waals surface area (Å²) in [6.45, 7) is -1.15. The highest BCUT2D eigenvalue weighted by Crippen LogP contribution is 2.20. The zero-order valence-electron chi connectivity index (χ0n) is 39.3. The number of guanidine groups is 3. The SMILES string of the molecule is NC(=O)C[C@H](NC(=O)[C@@H](N)CCC(=O)O)C(=O)N[C@@H](CC(=O)O)C(=O)N[C@@H](CCCN=C(N)N)C(=O)N[C@@H](CCCN=C(N)N)C(=O)N[C@@H](CCCN=C(N)N)C(=O)N1CCC[C@H]1C(=O)N[C@@H](CO)C(=O)O. The van der Waals surface area contributed by atoms with Crippen LogP contribution < -0.4 is 77.8 Å². The molecule has 0 aromatic carbocycles. The van der Waals surface area contributed by atoms with Crippen LogP contribution in [0.4, 0.5) is 0 Å². The fourth-order valence-electron chi connectivity index (χ4n) is 6.83. The molecule has 72 heavy (non-hydrogen) atoms. The summed E-state index contributed by atoms with van der Waals surface area (Å²) in [5.41, 5.74) is 43.6. The molecule has 1 aliphatic heterocycles. The summed E-state index contributed by atoms with van der Waals surface area (Å²) in [4.78, 5) is 155. The number of aliphatic hydroxyl groups is 1. The van der Waals surface area contributed by atoms with E-state index in [1.165, 1.54) is 0 Å². The van der Waals surface area contributed by atoms with Gasteiger partial charge in [-0.2, -0.15) is 0 Å². The van der Waals surface area contributed by atoms with E-state index in [2.05, 4.69) is 46.9 Å². The smallest absolute Gasteiger partial charge is 0.328 e. The van der Waals surface area contributed by atoms with Crippen LogP contribution in [0.2, 0.25) is 0 Å². The molecular formula is C39H68N18O15. The minimum atomic E-state index is -2.02. The minimum Gasteiger partial charge on any atom is -0.481 e. The Morgan fingerprint density at radius 1 is 0.528 bits per heavy atom. The lowest BCUT2D eigenvalue weighted by molar-refractivity contribution is -0.145. The molecule has 1 heterocycles. The molecule has 0 radical (unpaired) electrons. The molecule has 0 unspecified atom stereocenters. The lowest BCUT2D eigenvalue weighted by atomic mass is 10.0. The van der Waals surface area contributed by atoms with E-state index < -0.39 is 139 Å². The van der Waals surface area contributed by atoms with Crippen LogP contribution in [-0.4, -0.2) is 189 Å². The molecule has 1 saturated heterocycles. The number of aliphatic carboxylic acids is 3. The Balaban J connectivity index is 3.64. The first-order valence-corrected chi connectivity index (χ1v) is 22.4. The van der Waals surface area contributed by atoms with Crippen LogP contribution in [-0.2, 0) is 52.7 Å². The van der Waals surface area contributed by atoms with Crippen molar-refractivity contribution in [3.63, 3.8) is 0 Å². The molecular weight excluding hydrogens is 961 g/mol. The van der Waals surface area contributed by atoms with Crippen LogP contribution in [0.3, 0.4) is 0 Å². The second-order valence-corrected chi connectivity index (χ2v) is 16.2. The van der Waals surface area contributed by atoms with E-state index in [-0.39, 0.29) is 95.4 Å². The number of amides is 8. The van der Waals surface area contributed by atoms with Gasteiger partial charge in [0.05, 0.1) is 25.5 Å². The van der Waals surface area contributed by atoms with Crippen LogP contribution in [0, 0.1) is 0 Å². The molecule has 0 aliphatic carbocycles. The monoisotopic (exact) mass is 1030 g/mol. The van der Waals surface area contributed by atoms with Gasteiger partial charge in [-0.1, -0.05) is 0 Å². The number of hydrogen-bond acceptors (Lipinski definition) is 16. The first kappa shape index (κ1) is 61.9. The lowest BCUT2D eigenvalue weighted by Gasteiger charge is -2.30. The topological polar surface area (TPSA) is 589 Å². The quantitative estimate of drug-likeness (QED) is 0.0162. The van der Waals surface area contributed by atoms with Crippen molar-refractivity contribution in [2.75, 3.05) is 32.8 Å². The maximum Gasteiger partial charge on any atom is 0.328 e. The average Bonchev–Trinajstić information content (AvgIpc) is 3.79. The van der Waals surface area contributed by atoms with Crippen molar-refractivity contribution < 1.29 is 73.2 Å². The fraction of sp³-hybridized carbons (Fsp3) is 0.641. The van der Waals surface area contributed by atoms with Gasteiger partial charge >= 0.3 is 17.9 Å². The van der Waals surface area contributed by atoms with Crippen LogP contribution >= 0.6 is 0 Å². The van der Waals surface area contributed by atoms with Crippen molar-refractivity contribution in [3.8, 4) is 0 Å². The molecule has 26 N–H and O–H groups in total. The Hall–Kier alpha value is -8.10. The minimum absolute atomic E-state index is 0.000486. The summed E-state index contributed by atoms with van der Waals surface area (Å²) < 4.78 is 0. The molecule has 33 nitrogen and oxygen atoms in total. The first-order valence-electron chi connectivity index (χ1n) is 22.4. The summed E-state index contributed by atoms with van der Waals surface area (Å²) in [5, 5.41) is 51.2. The van der Waals surface area contributed by atoms with Gasteiger partial charge < -0.3 is 103 Å². The molecule has 8 atom stereocenters. The summed E-state index contributed by atoms with van der Waals surface area (Å²) >= 11 is 0. The van der Waals surface area contributed by atoms with Crippen molar-refractivity contribution >= 4 is 83.0 Å². The number of aliphatic imine (C=N–C) groups is 3. The van der Waals surface area contributed by atoms with Crippen LogP contribution in [0.5, 0.6) is 0 Å². The largest absolute Gasteiger partial charge is 0.481 e. The van der Waals surface area contributed by atoms with Crippen molar-refractivity contribution in [1.82, 2.24) is 36.8 Å². The van der Waals surface area contributed by atoms with Gasteiger partial charge in [-0.15, -0.1) is 0 Å². The lowest BCUT2D eigenvalue weighted by Crippen LogP contribution is -2.60. The number of nitrogens with zero attached hydrogens (tertiary/aromatic N) is 4. The van der Waals surface area contributed by atoms with Gasteiger partial charge in [0.2, 0.25) is 47.3 Å². The van der Waals surface area contributed by atoms with Gasteiger partial charge in [-0.25, -0.2) is 4.79 Å². The van der Waals surface area contributed by atoms with Crippen LogP contribution in [0.25, 0.3) is 0 Å². The third-order valence-electron chi connectivity index (χ3n) is 10.4. The van der Waals surface area contributed by atoms with E-state index in [0.717, 1.165) is 4.90 Å².